The van der Waals surface area contributed by atoms with Crippen molar-refractivity contribution in [1.29, 1.82) is 0 Å². The first kappa shape index (κ1) is 18.8. The second-order valence-corrected chi connectivity index (χ2v) is 8.09. The summed E-state index contributed by atoms with van der Waals surface area (Å²) < 4.78 is 0. The normalized spacial score (nSPS) is 16.3. The smallest absolute Gasteiger partial charge is 0.237 e. The van der Waals surface area contributed by atoms with Gasteiger partial charge in [-0.25, -0.2) is 0 Å². The fourth-order valence-electron chi connectivity index (χ4n) is 2.94. The first-order valence-electron chi connectivity index (χ1n) is 9.12. The van der Waals surface area contributed by atoms with Crippen molar-refractivity contribution in [2.24, 2.45) is 0 Å². The molecule has 1 atom stereocenters. The van der Waals surface area contributed by atoms with E-state index in [2.05, 4.69) is 46.4 Å². The average molecular weight is 370 g/mol. The van der Waals surface area contributed by atoms with Gasteiger partial charge in [-0.05, 0) is 43.8 Å². The highest BCUT2D eigenvalue weighted by Gasteiger charge is 2.16. The van der Waals surface area contributed by atoms with Gasteiger partial charge in [-0.3, -0.25) is 4.79 Å². The van der Waals surface area contributed by atoms with Gasteiger partial charge in [0.05, 0.1) is 5.25 Å². The molecule has 1 amide bonds. The van der Waals surface area contributed by atoms with Crippen LogP contribution in [0.25, 0.3) is 0 Å². The third-order valence-corrected chi connectivity index (χ3v) is 5.93. The zero-order chi connectivity index (χ0) is 18.4. The van der Waals surface area contributed by atoms with Crippen LogP contribution in [0.5, 0.6) is 0 Å². The summed E-state index contributed by atoms with van der Waals surface area (Å²) in [5, 5.41) is 2.94. The molecular formula is C21H27N3OS. The fourth-order valence-corrected chi connectivity index (χ4v) is 3.78. The lowest BCUT2D eigenvalue weighted by atomic mass is 10.2. The van der Waals surface area contributed by atoms with Gasteiger partial charge in [-0.2, -0.15) is 0 Å². The van der Waals surface area contributed by atoms with Crippen molar-refractivity contribution in [1.82, 2.24) is 4.90 Å². The molecule has 0 aliphatic carbocycles. The van der Waals surface area contributed by atoms with Crippen LogP contribution in [0, 0.1) is 0 Å². The Labute approximate surface area is 160 Å². The molecule has 4 nitrogen and oxygen atoms in total. The van der Waals surface area contributed by atoms with Gasteiger partial charge in [-0.15, -0.1) is 11.8 Å². The molecule has 1 heterocycles. The van der Waals surface area contributed by atoms with Crippen LogP contribution in [0.2, 0.25) is 0 Å². The predicted octanol–water partition coefficient (Wildman–Crippen LogP) is 3.70. The van der Waals surface area contributed by atoms with Gasteiger partial charge >= 0.3 is 0 Å². The van der Waals surface area contributed by atoms with E-state index in [1.165, 1.54) is 11.3 Å². The minimum absolute atomic E-state index is 0.0540. The molecule has 5 heteroatoms. The van der Waals surface area contributed by atoms with Crippen LogP contribution in [-0.4, -0.2) is 49.3 Å². The number of benzene rings is 2. The van der Waals surface area contributed by atoms with Crippen LogP contribution in [0.1, 0.15) is 12.5 Å². The van der Waals surface area contributed by atoms with Gasteiger partial charge in [0.1, 0.15) is 0 Å². The van der Waals surface area contributed by atoms with Gasteiger partial charge in [0.25, 0.3) is 0 Å². The number of anilines is 2. The SMILES string of the molecule is C[C@H](SCc1ccccc1)C(=O)Nc1ccc(N2CCN(C)CC2)cc1. The lowest BCUT2D eigenvalue weighted by Crippen LogP contribution is -2.44. The van der Waals surface area contributed by atoms with Crippen LogP contribution >= 0.6 is 11.8 Å². The largest absolute Gasteiger partial charge is 0.369 e. The summed E-state index contributed by atoms with van der Waals surface area (Å²) in [6.07, 6.45) is 0. The lowest BCUT2D eigenvalue weighted by Gasteiger charge is -2.34. The van der Waals surface area contributed by atoms with Crippen molar-refractivity contribution in [3.63, 3.8) is 0 Å². The van der Waals surface area contributed by atoms with E-state index in [1.807, 2.05) is 37.3 Å². The minimum atomic E-state index is -0.0903. The molecule has 1 aliphatic heterocycles. The van der Waals surface area contributed by atoms with E-state index >= 15 is 0 Å². The van der Waals surface area contributed by atoms with Crippen LogP contribution in [0.15, 0.2) is 54.6 Å². The molecule has 2 aromatic carbocycles. The molecule has 1 saturated heterocycles. The Balaban J connectivity index is 1.49. The maximum absolute atomic E-state index is 12.4. The van der Waals surface area contributed by atoms with Crippen LogP contribution < -0.4 is 10.2 Å². The zero-order valence-electron chi connectivity index (χ0n) is 15.5. The van der Waals surface area contributed by atoms with E-state index in [9.17, 15) is 4.79 Å². The van der Waals surface area contributed by atoms with E-state index in [4.69, 9.17) is 0 Å². The standard InChI is InChI=1S/C21H27N3OS/c1-17(26-16-18-6-4-3-5-7-18)21(25)22-19-8-10-20(11-9-19)24-14-12-23(2)13-15-24/h3-11,17H,12-16H2,1-2H3,(H,22,25)/t17-/m0/s1. The first-order valence-corrected chi connectivity index (χ1v) is 10.2. The summed E-state index contributed by atoms with van der Waals surface area (Å²) in [4.78, 5) is 17.1. The van der Waals surface area contributed by atoms with E-state index in [0.717, 1.165) is 37.6 Å². The van der Waals surface area contributed by atoms with E-state index in [0.29, 0.717) is 0 Å². The quantitative estimate of drug-likeness (QED) is 0.842. The van der Waals surface area contributed by atoms with Crippen molar-refractivity contribution in [2.45, 2.75) is 17.9 Å². The highest BCUT2D eigenvalue weighted by Crippen LogP contribution is 2.22. The number of nitrogens with one attached hydrogen (secondary N) is 1. The molecule has 138 valence electrons. The Morgan fingerprint density at radius 3 is 2.35 bits per heavy atom. The molecule has 0 spiro atoms. The van der Waals surface area contributed by atoms with E-state index in [1.54, 1.807) is 11.8 Å². The molecule has 0 aromatic heterocycles. The number of amides is 1. The molecule has 1 fully saturated rings. The summed E-state index contributed by atoms with van der Waals surface area (Å²) in [7, 11) is 2.16. The van der Waals surface area contributed by atoms with Crippen molar-refractivity contribution < 1.29 is 4.79 Å². The van der Waals surface area contributed by atoms with Crippen LogP contribution in [0.4, 0.5) is 11.4 Å². The number of carbonyl (C=O) groups excluding carboxylic acids is 1. The topological polar surface area (TPSA) is 35.6 Å². The highest BCUT2D eigenvalue weighted by molar-refractivity contribution is 7.99. The molecule has 1 N–H and O–H groups in total. The number of nitrogens with zero attached hydrogens (tertiary/aromatic N) is 2. The number of likely N-dealkylation sites (N-methyl/N-ethyl adjacent to an activating group) is 1. The minimum Gasteiger partial charge on any atom is -0.369 e. The number of hydrogen-bond acceptors (Lipinski definition) is 4. The Hall–Kier alpha value is -1.98. The Bertz CT molecular complexity index is 697. The predicted molar refractivity (Wildman–Crippen MR) is 112 cm³/mol. The Kier molecular flexibility index (Phi) is 6.58. The number of piperazine rings is 1. The first-order chi connectivity index (χ1) is 12.6. The third-order valence-electron chi connectivity index (χ3n) is 4.72. The number of hydrogen-bond donors (Lipinski definition) is 1. The monoisotopic (exact) mass is 369 g/mol. The molecule has 3 rings (SSSR count). The summed E-state index contributed by atoms with van der Waals surface area (Å²) in [6.45, 7) is 6.25. The highest BCUT2D eigenvalue weighted by atomic mass is 32.2. The summed E-state index contributed by atoms with van der Waals surface area (Å²) in [5.41, 5.74) is 3.33. The summed E-state index contributed by atoms with van der Waals surface area (Å²) in [5.74, 6) is 0.899. The van der Waals surface area contributed by atoms with Crippen molar-refractivity contribution >= 4 is 29.0 Å². The molecule has 0 saturated carbocycles. The number of carbonyl (C=O) groups is 1. The van der Waals surface area contributed by atoms with Gasteiger partial charge in [0.15, 0.2) is 0 Å². The second-order valence-electron chi connectivity index (χ2n) is 6.77. The maximum atomic E-state index is 12.4. The molecule has 0 radical (unpaired) electrons. The van der Waals surface area contributed by atoms with E-state index in [-0.39, 0.29) is 11.2 Å². The zero-order valence-corrected chi connectivity index (χ0v) is 16.3. The Morgan fingerprint density at radius 2 is 1.69 bits per heavy atom. The van der Waals surface area contributed by atoms with Gasteiger partial charge in [0.2, 0.25) is 5.91 Å². The molecular weight excluding hydrogens is 342 g/mol. The molecule has 26 heavy (non-hydrogen) atoms. The van der Waals surface area contributed by atoms with E-state index < -0.39 is 0 Å². The second kappa shape index (κ2) is 9.10. The van der Waals surface area contributed by atoms with Crippen molar-refractivity contribution in [3.05, 3.63) is 60.2 Å². The van der Waals surface area contributed by atoms with Crippen LogP contribution in [0.3, 0.4) is 0 Å². The third kappa shape index (κ3) is 5.26. The maximum Gasteiger partial charge on any atom is 0.237 e. The molecule has 0 bridgehead atoms. The van der Waals surface area contributed by atoms with Crippen LogP contribution in [-0.2, 0) is 10.5 Å². The summed E-state index contributed by atoms with van der Waals surface area (Å²) >= 11 is 1.66. The van der Waals surface area contributed by atoms with Crippen molar-refractivity contribution in [3.8, 4) is 0 Å². The van der Waals surface area contributed by atoms with Gasteiger partial charge in [0, 0.05) is 43.3 Å². The van der Waals surface area contributed by atoms with Gasteiger partial charge < -0.3 is 15.1 Å². The van der Waals surface area contributed by atoms with Gasteiger partial charge in [-0.1, -0.05) is 30.3 Å². The number of rotatable bonds is 6. The molecule has 0 unspecified atom stereocenters. The molecule has 2 aromatic rings. The van der Waals surface area contributed by atoms with Crippen molar-refractivity contribution in [2.75, 3.05) is 43.4 Å². The molecule has 1 aliphatic rings. The lowest BCUT2D eigenvalue weighted by molar-refractivity contribution is -0.115. The summed E-state index contributed by atoms with van der Waals surface area (Å²) in [6, 6.07) is 18.5. The average Bonchev–Trinajstić information content (AvgIpc) is 2.68. The Morgan fingerprint density at radius 1 is 1.04 bits per heavy atom. The fraction of sp³-hybridized carbons (Fsp3) is 0.381. The number of thioether (sulfide) groups is 1.